The Labute approximate surface area is 103 Å². The summed E-state index contributed by atoms with van der Waals surface area (Å²) in [6, 6.07) is 3.89. The van der Waals surface area contributed by atoms with Gasteiger partial charge in [0.2, 0.25) is 0 Å². The summed E-state index contributed by atoms with van der Waals surface area (Å²) < 4.78 is 43.2. The van der Waals surface area contributed by atoms with Crippen molar-refractivity contribution in [2.45, 2.75) is 25.1 Å². The lowest BCUT2D eigenvalue weighted by atomic mass is 9.89. The van der Waals surface area contributed by atoms with Gasteiger partial charge in [0.15, 0.2) is 5.60 Å². The predicted octanol–water partition coefficient (Wildman–Crippen LogP) is 2.00. The Morgan fingerprint density at radius 3 is 2.33 bits per heavy atom. The SMILES string of the molecule is COc1ccc(C(C)(O)C(F)(F)F)c(CCO)c1. The molecule has 0 heterocycles. The van der Waals surface area contributed by atoms with Crippen LogP contribution in [-0.4, -0.2) is 30.1 Å². The lowest BCUT2D eigenvalue weighted by molar-refractivity contribution is -0.259. The third-order valence-electron chi connectivity index (χ3n) is 2.77. The van der Waals surface area contributed by atoms with Crippen molar-refractivity contribution in [3.63, 3.8) is 0 Å². The number of aliphatic hydroxyl groups is 2. The summed E-state index contributed by atoms with van der Waals surface area (Å²) in [5, 5.41) is 18.5. The van der Waals surface area contributed by atoms with Gasteiger partial charge >= 0.3 is 6.18 Å². The first kappa shape index (κ1) is 14.8. The molecule has 3 nitrogen and oxygen atoms in total. The van der Waals surface area contributed by atoms with E-state index in [0.29, 0.717) is 12.7 Å². The number of hydrogen-bond acceptors (Lipinski definition) is 3. The fourth-order valence-corrected chi connectivity index (χ4v) is 1.65. The zero-order valence-corrected chi connectivity index (χ0v) is 10.1. The molecule has 0 aliphatic heterocycles. The van der Waals surface area contributed by atoms with Crippen molar-refractivity contribution < 1.29 is 28.1 Å². The Balaban J connectivity index is 3.31. The van der Waals surface area contributed by atoms with Crippen molar-refractivity contribution in [1.29, 1.82) is 0 Å². The van der Waals surface area contributed by atoms with Gasteiger partial charge in [0.25, 0.3) is 0 Å². The Morgan fingerprint density at radius 1 is 1.28 bits per heavy atom. The van der Waals surface area contributed by atoms with Gasteiger partial charge in [-0.3, -0.25) is 0 Å². The Kier molecular flexibility index (Phi) is 4.24. The van der Waals surface area contributed by atoms with Crippen LogP contribution in [0.4, 0.5) is 13.2 Å². The average Bonchev–Trinajstić information content (AvgIpc) is 2.27. The minimum absolute atomic E-state index is 0.0127. The van der Waals surface area contributed by atoms with Crippen molar-refractivity contribution >= 4 is 0 Å². The summed E-state index contributed by atoms with van der Waals surface area (Å²) in [7, 11) is 1.39. The largest absolute Gasteiger partial charge is 0.497 e. The highest BCUT2D eigenvalue weighted by Crippen LogP contribution is 2.40. The molecular formula is C12H15F3O3. The van der Waals surface area contributed by atoms with Gasteiger partial charge in [0.1, 0.15) is 5.75 Å². The Hall–Kier alpha value is -1.27. The molecule has 18 heavy (non-hydrogen) atoms. The summed E-state index contributed by atoms with van der Waals surface area (Å²) >= 11 is 0. The highest BCUT2D eigenvalue weighted by Gasteiger charge is 2.51. The van der Waals surface area contributed by atoms with Gasteiger partial charge in [-0.2, -0.15) is 13.2 Å². The van der Waals surface area contributed by atoms with Crippen molar-refractivity contribution in [2.24, 2.45) is 0 Å². The second-order valence-corrected chi connectivity index (χ2v) is 4.07. The van der Waals surface area contributed by atoms with E-state index in [2.05, 4.69) is 0 Å². The lowest BCUT2D eigenvalue weighted by Gasteiger charge is -2.29. The van der Waals surface area contributed by atoms with Crippen LogP contribution in [0.5, 0.6) is 5.75 Å². The first-order valence-electron chi connectivity index (χ1n) is 5.31. The Morgan fingerprint density at radius 2 is 1.89 bits per heavy atom. The van der Waals surface area contributed by atoms with E-state index in [-0.39, 0.29) is 24.2 Å². The molecule has 2 N–H and O–H groups in total. The second-order valence-electron chi connectivity index (χ2n) is 4.07. The van der Waals surface area contributed by atoms with Crippen LogP contribution in [0.2, 0.25) is 0 Å². The quantitative estimate of drug-likeness (QED) is 0.874. The molecule has 1 unspecified atom stereocenters. The molecule has 1 rings (SSSR count). The van der Waals surface area contributed by atoms with Gasteiger partial charge < -0.3 is 14.9 Å². The van der Waals surface area contributed by atoms with Crippen molar-refractivity contribution in [3.05, 3.63) is 29.3 Å². The molecule has 0 bridgehead atoms. The molecule has 0 fully saturated rings. The third-order valence-corrected chi connectivity index (χ3v) is 2.77. The van der Waals surface area contributed by atoms with Crippen LogP contribution in [0.15, 0.2) is 18.2 Å². The molecule has 0 aromatic heterocycles. The standard InChI is InChI=1S/C12H15F3O3/c1-11(17,12(13,14)15)10-4-3-9(18-2)7-8(10)5-6-16/h3-4,7,16-17H,5-6H2,1-2H3. The molecule has 1 aromatic carbocycles. The van der Waals surface area contributed by atoms with Gasteiger partial charge in [-0.25, -0.2) is 0 Å². The highest BCUT2D eigenvalue weighted by atomic mass is 19.4. The highest BCUT2D eigenvalue weighted by molar-refractivity contribution is 5.39. The van der Waals surface area contributed by atoms with E-state index in [4.69, 9.17) is 9.84 Å². The van der Waals surface area contributed by atoms with E-state index in [1.807, 2.05) is 0 Å². The molecule has 6 heteroatoms. The molecule has 0 aliphatic rings. The second kappa shape index (κ2) is 5.16. The van der Waals surface area contributed by atoms with E-state index in [1.54, 1.807) is 0 Å². The van der Waals surface area contributed by atoms with Gasteiger partial charge in [0.05, 0.1) is 7.11 Å². The number of aliphatic hydroxyl groups excluding tert-OH is 1. The maximum atomic E-state index is 12.8. The molecule has 102 valence electrons. The Bertz CT molecular complexity index is 414. The number of alkyl halides is 3. The summed E-state index contributed by atoms with van der Waals surface area (Å²) in [4.78, 5) is 0. The monoisotopic (exact) mass is 264 g/mol. The van der Waals surface area contributed by atoms with E-state index < -0.39 is 11.8 Å². The van der Waals surface area contributed by atoms with Gasteiger partial charge in [-0.05, 0) is 36.6 Å². The fraction of sp³-hybridized carbons (Fsp3) is 0.500. The van der Waals surface area contributed by atoms with Crippen LogP contribution in [-0.2, 0) is 12.0 Å². The minimum Gasteiger partial charge on any atom is -0.497 e. The first-order chi connectivity index (χ1) is 8.24. The van der Waals surface area contributed by atoms with Crippen LogP contribution >= 0.6 is 0 Å². The summed E-state index contributed by atoms with van der Waals surface area (Å²) in [6.07, 6.45) is -4.77. The lowest BCUT2D eigenvalue weighted by Crippen LogP contribution is -2.40. The van der Waals surface area contributed by atoms with Crippen molar-refractivity contribution in [1.82, 2.24) is 0 Å². The molecule has 0 saturated carbocycles. The molecule has 1 aromatic rings. The van der Waals surface area contributed by atoms with Gasteiger partial charge in [-0.1, -0.05) is 6.07 Å². The van der Waals surface area contributed by atoms with E-state index in [0.717, 1.165) is 6.07 Å². The molecule has 0 radical (unpaired) electrons. The molecule has 0 aliphatic carbocycles. The average molecular weight is 264 g/mol. The number of rotatable bonds is 4. The van der Waals surface area contributed by atoms with E-state index in [1.165, 1.54) is 19.2 Å². The number of hydrogen-bond donors (Lipinski definition) is 2. The van der Waals surface area contributed by atoms with E-state index >= 15 is 0 Å². The molecular weight excluding hydrogens is 249 g/mol. The third kappa shape index (κ3) is 2.76. The van der Waals surface area contributed by atoms with Crippen molar-refractivity contribution in [2.75, 3.05) is 13.7 Å². The molecule has 1 atom stereocenters. The van der Waals surface area contributed by atoms with Gasteiger partial charge in [-0.15, -0.1) is 0 Å². The van der Waals surface area contributed by atoms with Crippen LogP contribution < -0.4 is 4.74 Å². The smallest absolute Gasteiger partial charge is 0.421 e. The first-order valence-corrected chi connectivity index (χ1v) is 5.31. The summed E-state index contributed by atoms with van der Waals surface area (Å²) in [5.41, 5.74) is -3.02. The normalized spacial score (nSPS) is 15.3. The van der Waals surface area contributed by atoms with E-state index in [9.17, 15) is 18.3 Å². The maximum Gasteiger partial charge on any atom is 0.421 e. The van der Waals surface area contributed by atoms with Crippen LogP contribution in [0.1, 0.15) is 18.1 Å². The molecule has 0 spiro atoms. The fourth-order valence-electron chi connectivity index (χ4n) is 1.65. The van der Waals surface area contributed by atoms with Gasteiger partial charge in [0, 0.05) is 6.61 Å². The number of benzene rings is 1. The topological polar surface area (TPSA) is 49.7 Å². The maximum absolute atomic E-state index is 12.8. The molecule has 0 saturated heterocycles. The number of ether oxygens (including phenoxy) is 1. The zero-order chi connectivity index (χ0) is 14.0. The van der Waals surface area contributed by atoms with Crippen LogP contribution in [0.3, 0.4) is 0 Å². The molecule has 0 amide bonds. The number of halogens is 3. The van der Waals surface area contributed by atoms with Crippen LogP contribution in [0.25, 0.3) is 0 Å². The predicted molar refractivity (Wildman–Crippen MR) is 59.4 cm³/mol. The summed E-state index contributed by atoms with van der Waals surface area (Å²) in [5.74, 6) is 0.375. The summed E-state index contributed by atoms with van der Waals surface area (Å²) in [6.45, 7) is 0.379. The zero-order valence-electron chi connectivity index (χ0n) is 10.1. The number of methoxy groups -OCH3 is 1. The van der Waals surface area contributed by atoms with Crippen molar-refractivity contribution in [3.8, 4) is 5.75 Å². The van der Waals surface area contributed by atoms with Crippen LogP contribution in [0, 0.1) is 0 Å². The minimum atomic E-state index is -4.79.